The Morgan fingerprint density at radius 2 is 1.35 bits per heavy atom. The summed E-state index contributed by atoms with van der Waals surface area (Å²) in [5, 5.41) is 9.46. The first-order valence-corrected chi connectivity index (χ1v) is 6.82. The van der Waals surface area contributed by atoms with Gasteiger partial charge in [-0.15, -0.1) is 0 Å². The Balaban J connectivity index is 0.000000829. The van der Waals surface area contributed by atoms with Crippen LogP contribution in [0, 0.1) is 0 Å². The third kappa shape index (κ3) is 5.57. The summed E-state index contributed by atoms with van der Waals surface area (Å²) >= 11 is 0. The minimum atomic E-state index is -0.565. The first-order valence-electron chi connectivity index (χ1n) is 6.82. The Bertz CT molecular complexity index is 493. The zero-order valence-electron chi connectivity index (χ0n) is 12.5. The van der Waals surface area contributed by atoms with Crippen LogP contribution >= 0.6 is 0 Å². The second kappa shape index (κ2) is 10.6. The van der Waals surface area contributed by atoms with Crippen molar-refractivity contribution >= 4 is 5.97 Å². The molecule has 3 heteroatoms. The predicted octanol–water partition coefficient (Wildman–Crippen LogP) is 4.66. The van der Waals surface area contributed by atoms with Crippen LogP contribution in [0.25, 0.3) is 0 Å². The van der Waals surface area contributed by atoms with Gasteiger partial charge >= 0.3 is 5.97 Å². The van der Waals surface area contributed by atoms with Gasteiger partial charge in [0.05, 0.1) is 0 Å². The molecule has 1 N–H and O–H groups in total. The number of esters is 1. The molecule has 0 bridgehead atoms. The molecule has 0 saturated carbocycles. The lowest BCUT2D eigenvalue weighted by Gasteiger charge is -2.04. The quantitative estimate of drug-likeness (QED) is 0.639. The molecule has 0 aliphatic carbocycles. The van der Waals surface area contributed by atoms with E-state index in [9.17, 15) is 9.90 Å². The lowest BCUT2D eigenvalue weighted by Crippen LogP contribution is -2.08. The average Bonchev–Trinajstić information content (AvgIpc) is 2.52. The summed E-state index contributed by atoms with van der Waals surface area (Å²) in [6.07, 6.45) is 0. The molecule has 0 amide bonds. The summed E-state index contributed by atoms with van der Waals surface area (Å²) in [7, 11) is 0. The SMILES string of the molecule is CC.CC.O=C(Oc1ccccc1)c1ccccc1O. The third-order valence-corrected chi connectivity index (χ3v) is 2.08. The van der Waals surface area contributed by atoms with Gasteiger partial charge in [-0.1, -0.05) is 58.0 Å². The molecule has 0 aliphatic heterocycles. The van der Waals surface area contributed by atoms with Crippen LogP contribution in [0.3, 0.4) is 0 Å². The van der Waals surface area contributed by atoms with Crippen LogP contribution in [0.1, 0.15) is 38.1 Å². The molecule has 3 nitrogen and oxygen atoms in total. The van der Waals surface area contributed by atoms with E-state index in [1.165, 1.54) is 12.1 Å². The number of aromatic hydroxyl groups is 1. The van der Waals surface area contributed by atoms with Gasteiger partial charge in [0, 0.05) is 0 Å². The molecule has 0 aromatic heterocycles. The molecule has 0 aliphatic rings. The van der Waals surface area contributed by atoms with E-state index in [1.807, 2.05) is 33.8 Å². The van der Waals surface area contributed by atoms with Crippen LogP contribution in [-0.2, 0) is 0 Å². The van der Waals surface area contributed by atoms with Gasteiger partial charge in [-0.05, 0) is 24.3 Å². The van der Waals surface area contributed by atoms with Gasteiger partial charge in [-0.2, -0.15) is 0 Å². The molecule has 0 radical (unpaired) electrons. The van der Waals surface area contributed by atoms with Crippen LogP contribution in [-0.4, -0.2) is 11.1 Å². The van der Waals surface area contributed by atoms with Crippen molar-refractivity contribution in [2.75, 3.05) is 0 Å². The fourth-order valence-electron chi connectivity index (χ4n) is 1.30. The molecule has 0 spiro atoms. The average molecular weight is 274 g/mol. The number of carbonyl (C=O) groups excluding carboxylic acids is 1. The summed E-state index contributed by atoms with van der Waals surface area (Å²) < 4.78 is 5.08. The second-order valence-electron chi connectivity index (χ2n) is 3.22. The fourth-order valence-corrected chi connectivity index (χ4v) is 1.30. The molecule has 2 aromatic rings. The lowest BCUT2D eigenvalue weighted by molar-refractivity contribution is 0.0731. The molecule has 108 valence electrons. The Kier molecular flexibility index (Phi) is 9.40. The van der Waals surface area contributed by atoms with Crippen LogP contribution < -0.4 is 4.74 Å². The Morgan fingerprint density at radius 1 is 0.850 bits per heavy atom. The standard InChI is InChI=1S/C13H10O3.2C2H6/c14-12-9-5-4-8-11(12)13(15)16-10-6-2-1-3-7-10;2*1-2/h1-9,14H;2*1-2H3. The topological polar surface area (TPSA) is 46.5 Å². The number of rotatable bonds is 2. The molecule has 20 heavy (non-hydrogen) atoms. The highest BCUT2D eigenvalue weighted by molar-refractivity contribution is 5.93. The van der Waals surface area contributed by atoms with Gasteiger partial charge in [0.25, 0.3) is 0 Å². The van der Waals surface area contributed by atoms with Gasteiger partial charge in [-0.25, -0.2) is 4.79 Å². The van der Waals surface area contributed by atoms with Crippen molar-refractivity contribution in [3.63, 3.8) is 0 Å². The van der Waals surface area contributed by atoms with Crippen molar-refractivity contribution in [2.45, 2.75) is 27.7 Å². The van der Waals surface area contributed by atoms with Crippen LogP contribution in [0.2, 0.25) is 0 Å². The maximum atomic E-state index is 11.7. The number of hydrogen-bond donors (Lipinski definition) is 1. The van der Waals surface area contributed by atoms with Crippen molar-refractivity contribution in [2.24, 2.45) is 0 Å². The van der Waals surface area contributed by atoms with E-state index in [1.54, 1.807) is 36.4 Å². The van der Waals surface area contributed by atoms with E-state index >= 15 is 0 Å². The van der Waals surface area contributed by atoms with E-state index in [0.717, 1.165) is 0 Å². The number of hydrogen-bond acceptors (Lipinski definition) is 3. The number of ether oxygens (including phenoxy) is 1. The Morgan fingerprint density at radius 3 is 1.90 bits per heavy atom. The highest BCUT2D eigenvalue weighted by Crippen LogP contribution is 2.18. The molecule has 0 unspecified atom stereocenters. The highest BCUT2D eigenvalue weighted by Gasteiger charge is 2.12. The molecular formula is C17H22O3. The summed E-state index contributed by atoms with van der Waals surface area (Å²) in [4.78, 5) is 11.7. The van der Waals surface area contributed by atoms with Gasteiger partial charge in [0.1, 0.15) is 17.1 Å². The smallest absolute Gasteiger partial charge is 0.347 e. The highest BCUT2D eigenvalue weighted by atomic mass is 16.5. The van der Waals surface area contributed by atoms with E-state index in [-0.39, 0.29) is 11.3 Å². The van der Waals surface area contributed by atoms with Crippen molar-refractivity contribution in [1.29, 1.82) is 0 Å². The minimum absolute atomic E-state index is 0.0802. The van der Waals surface area contributed by atoms with Crippen LogP contribution in [0.15, 0.2) is 54.6 Å². The maximum absolute atomic E-state index is 11.7. The number of carbonyl (C=O) groups is 1. The van der Waals surface area contributed by atoms with E-state index in [2.05, 4.69) is 0 Å². The number of para-hydroxylation sites is 2. The minimum Gasteiger partial charge on any atom is -0.507 e. The summed E-state index contributed by atoms with van der Waals surface area (Å²) in [6.45, 7) is 8.00. The van der Waals surface area contributed by atoms with Crippen molar-refractivity contribution in [3.8, 4) is 11.5 Å². The molecule has 2 aromatic carbocycles. The summed E-state index contributed by atoms with van der Waals surface area (Å²) in [5.74, 6) is -0.191. The van der Waals surface area contributed by atoms with Crippen molar-refractivity contribution in [3.05, 3.63) is 60.2 Å². The molecule has 2 rings (SSSR count). The van der Waals surface area contributed by atoms with Crippen molar-refractivity contribution < 1.29 is 14.6 Å². The normalized spacial score (nSPS) is 8.40. The van der Waals surface area contributed by atoms with Crippen LogP contribution in [0.4, 0.5) is 0 Å². The maximum Gasteiger partial charge on any atom is 0.347 e. The largest absolute Gasteiger partial charge is 0.507 e. The fraction of sp³-hybridized carbons (Fsp3) is 0.235. The first-order chi connectivity index (χ1) is 9.77. The Hall–Kier alpha value is -2.29. The molecule has 0 fully saturated rings. The van der Waals surface area contributed by atoms with Gasteiger partial charge in [0.15, 0.2) is 0 Å². The predicted molar refractivity (Wildman–Crippen MR) is 82.2 cm³/mol. The molecule has 0 heterocycles. The zero-order chi connectivity index (χ0) is 15.4. The van der Waals surface area contributed by atoms with Crippen LogP contribution in [0.5, 0.6) is 11.5 Å². The number of benzene rings is 2. The van der Waals surface area contributed by atoms with E-state index in [0.29, 0.717) is 5.75 Å². The van der Waals surface area contributed by atoms with E-state index in [4.69, 9.17) is 4.74 Å². The molecule has 0 saturated heterocycles. The number of phenolic OH excluding ortho intramolecular Hbond substituents is 1. The monoisotopic (exact) mass is 274 g/mol. The summed E-state index contributed by atoms with van der Waals surface area (Å²) in [5.41, 5.74) is 0.159. The zero-order valence-corrected chi connectivity index (χ0v) is 12.5. The molecule has 0 atom stereocenters. The summed E-state index contributed by atoms with van der Waals surface area (Å²) in [6, 6.07) is 15.0. The van der Waals surface area contributed by atoms with Gasteiger partial charge in [0.2, 0.25) is 0 Å². The third-order valence-electron chi connectivity index (χ3n) is 2.08. The van der Waals surface area contributed by atoms with Crippen molar-refractivity contribution in [1.82, 2.24) is 0 Å². The van der Waals surface area contributed by atoms with E-state index < -0.39 is 5.97 Å². The molecular weight excluding hydrogens is 252 g/mol. The lowest BCUT2D eigenvalue weighted by atomic mass is 10.2. The number of phenols is 1. The second-order valence-corrected chi connectivity index (χ2v) is 3.22. The Labute approximate surface area is 120 Å². The van der Waals surface area contributed by atoms with Gasteiger partial charge < -0.3 is 9.84 Å². The van der Waals surface area contributed by atoms with Gasteiger partial charge in [-0.3, -0.25) is 0 Å². The first kappa shape index (κ1) is 17.7.